The SMILES string of the molecule is CC1(C)N(O)C(c2ccccc2)=[N+]([O-])C1(C)C.CCCNC(=O)N(O)c1cc(C(F)(F)F)ccc1Cl.CCCNC(=O)N(O)c1ccccc1C.CCNC(=O)N(O)c1ccc(C(=O)COC)cc1.COc1ccc(C2=[N+]([O-])C(C)(C)C(C)(C)N2O)cc1.Cc1ccccc1N(O)C(=O)NC(C)C. The average molecular weight is 1460 g/mol. The van der Waals surface area contributed by atoms with Gasteiger partial charge in [0.15, 0.2) is 16.9 Å². The summed E-state index contributed by atoms with van der Waals surface area (Å²) in [6, 6.07) is 36.4. The van der Waals surface area contributed by atoms with Crippen LogP contribution in [0.25, 0.3) is 0 Å². The highest BCUT2D eigenvalue weighted by Gasteiger charge is 2.60. The lowest BCUT2D eigenvalue weighted by atomic mass is 9.84. The Labute approximate surface area is 604 Å². The van der Waals surface area contributed by atoms with E-state index in [9.17, 15) is 78.8 Å². The third kappa shape index (κ3) is 22.9. The van der Waals surface area contributed by atoms with E-state index in [1.165, 1.54) is 31.4 Å². The third-order valence-corrected chi connectivity index (χ3v) is 17.0. The van der Waals surface area contributed by atoms with Crippen molar-refractivity contribution in [1.29, 1.82) is 0 Å². The molecule has 2 aliphatic heterocycles. The van der Waals surface area contributed by atoms with Crippen LogP contribution in [0.1, 0.15) is 141 Å². The van der Waals surface area contributed by atoms with E-state index in [0.29, 0.717) is 74.9 Å². The summed E-state index contributed by atoms with van der Waals surface area (Å²) in [5.74, 6) is 1.12. The van der Waals surface area contributed by atoms with Crippen molar-refractivity contribution in [3.05, 3.63) is 194 Å². The van der Waals surface area contributed by atoms with Gasteiger partial charge in [0, 0.05) is 38.3 Å². The van der Waals surface area contributed by atoms with Crippen LogP contribution in [0.5, 0.6) is 5.75 Å². The number of alkyl halides is 3. The zero-order chi connectivity index (χ0) is 78.1. The summed E-state index contributed by atoms with van der Waals surface area (Å²) in [6.45, 7) is 28.8. The number of anilines is 4. The molecule has 2 aliphatic rings. The summed E-state index contributed by atoms with van der Waals surface area (Å²) < 4.78 is 49.2. The van der Waals surface area contributed by atoms with E-state index in [1.807, 2.05) is 145 Å². The fourth-order valence-electron chi connectivity index (χ4n) is 9.10. The van der Waals surface area contributed by atoms with Gasteiger partial charge in [-0.15, -0.1) is 10.1 Å². The predicted molar refractivity (Wildman–Crippen MR) is 387 cm³/mol. The molecule has 0 aromatic heterocycles. The fraction of sp³-hybridized carbons (Fsp3) is 0.403. The van der Waals surface area contributed by atoms with Gasteiger partial charge in [0.1, 0.15) is 23.4 Å². The molecule has 564 valence electrons. The zero-order valence-corrected chi connectivity index (χ0v) is 61.9. The molecule has 0 saturated carbocycles. The number of ketones is 1. The molecular weight excluding hydrogens is 1370 g/mol. The Kier molecular flexibility index (Phi) is 33.1. The Hall–Kier alpha value is -9.79. The molecule has 0 spiro atoms. The minimum atomic E-state index is -4.58. The maximum Gasteiger partial charge on any atom is 0.416 e. The molecule has 0 radical (unpaired) electrons. The lowest BCUT2D eigenvalue weighted by Gasteiger charge is -2.33. The van der Waals surface area contributed by atoms with Crippen LogP contribution in [0.2, 0.25) is 5.02 Å². The van der Waals surface area contributed by atoms with Gasteiger partial charge in [0.25, 0.3) is 0 Å². The highest BCUT2D eigenvalue weighted by atomic mass is 35.5. The lowest BCUT2D eigenvalue weighted by Crippen LogP contribution is -2.53. The maximum absolute atomic E-state index is 12.5. The van der Waals surface area contributed by atoms with Gasteiger partial charge in [-0.25, -0.2) is 29.6 Å². The predicted octanol–water partition coefficient (Wildman–Crippen LogP) is 14.2. The highest BCUT2D eigenvalue weighted by molar-refractivity contribution is 6.33. The van der Waals surface area contributed by atoms with Crippen LogP contribution in [0, 0.1) is 24.3 Å². The topological polar surface area (TPSA) is 345 Å². The van der Waals surface area contributed by atoms with Crippen LogP contribution in [-0.4, -0.2) is 161 Å². The number of aryl methyl sites for hydroxylation is 2. The molecule has 31 heteroatoms. The summed E-state index contributed by atoms with van der Waals surface area (Å²) in [5, 5.41) is 97.5. The smallest absolute Gasteiger partial charge is 0.416 e. The van der Waals surface area contributed by atoms with E-state index in [-0.39, 0.29) is 46.6 Å². The van der Waals surface area contributed by atoms with Crippen LogP contribution < -0.4 is 46.3 Å². The summed E-state index contributed by atoms with van der Waals surface area (Å²) in [7, 11) is 3.03. The van der Waals surface area contributed by atoms with Crippen molar-refractivity contribution in [3.8, 4) is 5.75 Å². The summed E-state index contributed by atoms with van der Waals surface area (Å²) in [5.41, 5.74) is 0.681. The number of urea groups is 4. The van der Waals surface area contributed by atoms with E-state index < -0.39 is 63.7 Å². The lowest BCUT2D eigenvalue weighted by molar-refractivity contribution is -0.539. The Morgan fingerprint density at radius 3 is 1.35 bits per heavy atom. The van der Waals surface area contributed by atoms with Crippen LogP contribution in [0.15, 0.2) is 146 Å². The highest BCUT2D eigenvalue weighted by Crippen LogP contribution is 2.39. The van der Waals surface area contributed by atoms with Crippen molar-refractivity contribution < 1.29 is 87.3 Å². The number of amides is 8. The van der Waals surface area contributed by atoms with E-state index in [2.05, 4.69) is 21.3 Å². The largest absolute Gasteiger partial charge is 0.714 e. The molecular formula is C72H98ClF3N12O15. The van der Waals surface area contributed by atoms with Gasteiger partial charge in [0.05, 0.1) is 51.6 Å². The molecule has 0 aliphatic carbocycles. The number of hydrogen-bond acceptors (Lipinski definition) is 17. The molecule has 103 heavy (non-hydrogen) atoms. The molecule has 0 fully saturated rings. The van der Waals surface area contributed by atoms with Crippen LogP contribution in [0.4, 0.5) is 55.1 Å². The molecule has 0 saturated heterocycles. The molecule has 2 heterocycles. The van der Waals surface area contributed by atoms with E-state index in [4.69, 9.17) is 21.1 Å². The maximum atomic E-state index is 12.5. The molecule has 10 N–H and O–H groups in total. The average Bonchev–Trinajstić information content (AvgIpc) is 1.58. The second kappa shape index (κ2) is 39.0. The number of nitrogens with zero attached hydrogens (tertiary/aromatic N) is 8. The number of amidine groups is 2. The van der Waals surface area contributed by atoms with Crippen molar-refractivity contribution in [2.75, 3.05) is 60.7 Å². The Morgan fingerprint density at radius 1 is 0.563 bits per heavy atom. The molecule has 0 bridgehead atoms. The number of ether oxygens (including phenoxy) is 2. The standard InChI is InChI=1S/C14H20N2O3.C13H18N2O2.C12H16N2O4.C11H12ClF3N2O2.2C11H16N2O2/c1-13(2)14(3,4)16(18)12(15(13)17)10-6-8-11(19-5)9-7-10;1-12(2)13(3,4)15(17)11(14(12)16)10-8-6-5-7-9-10;1-3-13-12(16)14(17)10-6-4-9(5-7-10)11(15)8-18-2;1-2-5-16-10(18)17(19)9-6-7(11(13,14)15)3-4-8(9)12;1-8(2)12-11(14)13(15)10-7-5-4-6-9(10)3;1-3-8-12-11(14)13(15)10-7-5-4-6-9(10)2/h6-9,17H,1-5H3;5-9,16H,1-4H3;4-7,17H,3,8H2,1-2H3,(H,13,16);3-4,6,19H,2,5H2,1H3,(H,16,18);4-8,15H,1-3H3,(H,12,14);4-7,15H,3,8H2,1-2H3,(H,12,14). The monoisotopic (exact) mass is 1460 g/mol. The van der Waals surface area contributed by atoms with E-state index in [1.54, 1.807) is 69.5 Å². The minimum Gasteiger partial charge on any atom is -0.714 e. The van der Waals surface area contributed by atoms with E-state index >= 15 is 0 Å². The van der Waals surface area contributed by atoms with Gasteiger partial charge in [0.2, 0.25) is 0 Å². The summed E-state index contributed by atoms with van der Waals surface area (Å²) in [6.07, 6.45) is -3.12. The van der Waals surface area contributed by atoms with Gasteiger partial charge in [-0.3, -0.25) is 35.1 Å². The molecule has 8 rings (SSSR count). The van der Waals surface area contributed by atoms with E-state index in [0.717, 1.165) is 54.8 Å². The number of benzene rings is 6. The number of hydroxylamine groups is 10. The van der Waals surface area contributed by atoms with Crippen molar-refractivity contribution in [3.63, 3.8) is 0 Å². The Bertz CT molecular complexity index is 3830. The van der Waals surface area contributed by atoms with Gasteiger partial charge in [-0.2, -0.15) is 33.4 Å². The third-order valence-electron chi connectivity index (χ3n) is 16.7. The normalized spacial score (nSPS) is 14.2. The number of carbonyl (C=O) groups is 5. The molecule has 6 aromatic carbocycles. The van der Waals surface area contributed by atoms with Crippen LogP contribution in [0.3, 0.4) is 0 Å². The molecule has 0 unspecified atom stereocenters. The molecule has 0 atom stereocenters. The molecule has 6 aromatic rings. The fourth-order valence-corrected chi connectivity index (χ4v) is 9.30. The van der Waals surface area contributed by atoms with Crippen molar-refractivity contribution in [2.24, 2.45) is 0 Å². The minimum absolute atomic E-state index is 0.00148. The van der Waals surface area contributed by atoms with Crippen molar-refractivity contribution >= 4 is 75.9 Å². The summed E-state index contributed by atoms with van der Waals surface area (Å²) >= 11 is 5.67. The van der Waals surface area contributed by atoms with Gasteiger partial charge in [-0.05, 0) is 205 Å². The van der Waals surface area contributed by atoms with Crippen LogP contribution in [-0.2, 0) is 10.9 Å². The van der Waals surface area contributed by atoms with Crippen molar-refractivity contribution in [2.45, 2.75) is 151 Å². The van der Waals surface area contributed by atoms with Gasteiger partial charge in [-0.1, -0.05) is 80.0 Å². The quantitative estimate of drug-likeness (QED) is 0.0141. The second-order valence-electron chi connectivity index (χ2n) is 25.5. The zero-order valence-electron chi connectivity index (χ0n) is 61.1. The first-order chi connectivity index (χ1) is 48.1. The number of rotatable bonds is 16. The number of halogens is 4. The van der Waals surface area contributed by atoms with Crippen molar-refractivity contribution in [1.82, 2.24) is 31.4 Å². The second-order valence-corrected chi connectivity index (χ2v) is 25.9. The van der Waals surface area contributed by atoms with Gasteiger partial charge < -0.3 is 41.2 Å². The number of para-hydroxylation sites is 2. The number of nitrogens with one attached hydrogen (secondary N) is 4. The summed E-state index contributed by atoms with van der Waals surface area (Å²) in [4.78, 5) is 57.2. The Balaban J connectivity index is 0.000000322. The molecule has 8 amide bonds. The van der Waals surface area contributed by atoms with Gasteiger partial charge >= 0.3 is 42.0 Å². The number of hydrogen-bond donors (Lipinski definition) is 10. The first kappa shape index (κ1) is 87.4. The number of Topliss-reactive ketones (excluding diaryl/α,β-unsaturated/α-hetero) is 1. The first-order valence-electron chi connectivity index (χ1n) is 32.7. The Morgan fingerprint density at radius 2 is 0.971 bits per heavy atom. The van der Waals surface area contributed by atoms with Crippen LogP contribution >= 0.6 is 11.6 Å². The first-order valence-corrected chi connectivity index (χ1v) is 33.0. The molecule has 27 nitrogen and oxygen atoms in total. The number of carbonyl (C=O) groups excluding carboxylic acids is 5. The number of methoxy groups -OCH3 is 2.